The molecular weight excluding hydrogens is 272 g/mol. The Morgan fingerprint density at radius 1 is 1.14 bits per heavy atom. The van der Waals surface area contributed by atoms with E-state index in [9.17, 15) is 9.59 Å². The average Bonchev–Trinajstić information content (AvgIpc) is 3.02. The molecule has 2 heterocycles. The van der Waals surface area contributed by atoms with Gasteiger partial charge in [-0.25, -0.2) is 9.79 Å². The van der Waals surface area contributed by atoms with Crippen molar-refractivity contribution in [1.82, 2.24) is 10.6 Å². The summed E-state index contributed by atoms with van der Waals surface area (Å²) in [6.45, 7) is 3.42. The molecule has 0 aliphatic carbocycles. The van der Waals surface area contributed by atoms with Crippen LogP contribution in [0.2, 0.25) is 0 Å². The number of nitrogens with one attached hydrogen (secondary N) is 2. The summed E-state index contributed by atoms with van der Waals surface area (Å²) in [4.78, 5) is 28.4. The summed E-state index contributed by atoms with van der Waals surface area (Å²) < 4.78 is 0. The third-order valence-corrected chi connectivity index (χ3v) is 2.43. The first-order valence-electron chi connectivity index (χ1n) is 5.93. The molecule has 3 rings (SSSR count). The number of allylic oxidation sites excluding steroid dienone is 1. The molecule has 0 radical (unpaired) electrons. The van der Waals surface area contributed by atoms with Gasteiger partial charge in [-0.1, -0.05) is 18.7 Å². The van der Waals surface area contributed by atoms with Gasteiger partial charge in [0.1, 0.15) is 11.4 Å². The topological polar surface area (TPSA) is 103 Å². The molecule has 0 spiro atoms. The Balaban J connectivity index is 0.000000194. The quantitative estimate of drug-likeness (QED) is 0.675. The van der Waals surface area contributed by atoms with E-state index in [1.165, 1.54) is 12.6 Å². The molecule has 1 aromatic rings. The fourth-order valence-corrected chi connectivity index (χ4v) is 1.46. The smallest absolute Gasteiger partial charge is 0.345 e. The highest BCUT2D eigenvalue weighted by Crippen LogP contribution is 2.14. The molecular formula is C14H12N4O3. The van der Waals surface area contributed by atoms with E-state index in [1.54, 1.807) is 30.3 Å². The summed E-state index contributed by atoms with van der Waals surface area (Å²) in [5.41, 5.74) is 1.76. The Bertz CT molecular complexity index is 656. The number of nitrogens with zero attached hydrogens (tertiary/aromatic N) is 2. The van der Waals surface area contributed by atoms with E-state index in [0.29, 0.717) is 11.4 Å². The Kier molecular flexibility index (Phi) is 4.25. The van der Waals surface area contributed by atoms with Gasteiger partial charge in [-0.3, -0.25) is 4.79 Å². The Morgan fingerprint density at radius 2 is 1.86 bits per heavy atom. The highest BCUT2D eigenvalue weighted by molar-refractivity contribution is 6.08. The Morgan fingerprint density at radius 3 is 2.29 bits per heavy atom. The van der Waals surface area contributed by atoms with Gasteiger partial charge < -0.3 is 15.7 Å². The molecule has 0 atom stereocenters. The Labute approximate surface area is 120 Å². The van der Waals surface area contributed by atoms with Gasteiger partial charge in [0.05, 0.1) is 18.3 Å². The van der Waals surface area contributed by atoms with Crippen molar-refractivity contribution < 1.29 is 14.7 Å². The second-order valence-corrected chi connectivity index (χ2v) is 4.07. The summed E-state index contributed by atoms with van der Waals surface area (Å²) >= 11 is 0. The van der Waals surface area contributed by atoms with Crippen LogP contribution in [-0.4, -0.2) is 29.6 Å². The van der Waals surface area contributed by atoms with Crippen LogP contribution in [0.3, 0.4) is 0 Å². The number of hydrogen-bond acceptors (Lipinski definition) is 4. The lowest BCUT2D eigenvalue weighted by molar-refractivity contribution is -0.115. The number of benzene rings is 1. The minimum atomic E-state index is -0.329. The molecule has 0 bridgehead atoms. The van der Waals surface area contributed by atoms with E-state index in [4.69, 9.17) is 5.11 Å². The van der Waals surface area contributed by atoms with Crippen LogP contribution in [0.25, 0.3) is 6.08 Å². The van der Waals surface area contributed by atoms with Gasteiger partial charge in [-0.2, -0.15) is 4.99 Å². The summed E-state index contributed by atoms with van der Waals surface area (Å²) in [6, 6.07) is 6.21. The van der Waals surface area contributed by atoms with Gasteiger partial charge >= 0.3 is 6.03 Å². The fourth-order valence-electron chi connectivity index (χ4n) is 1.46. The average molecular weight is 284 g/mol. The summed E-state index contributed by atoms with van der Waals surface area (Å²) in [7, 11) is 0. The van der Waals surface area contributed by atoms with Crippen molar-refractivity contribution in [3.05, 3.63) is 47.8 Å². The van der Waals surface area contributed by atoms with Crippen LogP contribution in [0.1, 0.15) is 5.56 Å². The van der Waals surface area contributed by atoms with Gasteiger partial charge in [0.25, 0.3) is 5.91 Å². The number of carbonyl (C=O) groups is 2. The number of aromatic hydroxyl groups is 1. The highest BCUT2D eigenvalue weighted by Gasteiger charge is 2.11. The van der Waals surface area contributed by atoms with Crippen molar-refractivity contribution in [2.75, 3.05) is 0 Å². The molecule has 2 aliphatic heterocycles. The van der Waals surface area contributed by atoms with Gasteiger partial charge in [-0.05, 0) is 23.8 Å². The Hall–Kier alpha value is -3.22. The van der Waals surface area contributed by atoms with Crippen molar-refractivity contribution >= 4 is 30.6 Å². The number of rotatable bonds is 1. The van der Waals surface area contributed by atoms with Crippen LogP contribution in [0.15, 0.2) is 52.2 Å². The maximum absolute atomic E-state index is 11.1. The molecule has 1 aromatic carbocycles. The zero-order valence-corrected chi connectivity index (χ0v) is 10.9. The third-order valence-electron chi connectivity index (χ3n) is 2.43. The summed E-state index contributed by atoms with van der Waals surface area (Å²) in [6.07, 6.45) is 4.40. The molecule has 106 valence electrons. The number of phenols is 1. The maximum Gasteiger partial charge on any atom is 0.345 e. The van der Waals surface area contributed by atoms with Gasteiger partial charge in [-0.15, -0.1) is 0 Å². The molecule has 3 amide bonds. The molecule has 3 N–H and O–H groups in total. The van der Waals surface area contributed by atoms with E-state index >= 15 is 0 Å². The first-order valence-corrected chi connectivity index (χ1v) is 5.93. The predicted octanol–water partition coefficient (Wildman–Crippen LogP) is 1.19. The van der Waals surface area contributed by atoms with Gasteiger partial charge in [0.15, 0.2) is 0 Å². The monoisotopic (exact) mass is 284 g/mol. The van der Waals surface area contributed by atoms with Crippen LogP contribution < -0.4 is 10.6 Å². The van der Waals surface area contributed by atoms with Gasteiger partial charge in [0, 0.05) is 0 Å². The highest BCUT2D eigenvalue weighted by atomic mass is 16.3. The van der Waals surface area contributed by atoms with Crippen molar-refractivity contribution in [3.63, 3.8) is 0 Å². The number of hydrogen-bond donors (Lipinski definition) is 3. The summed E-state index contributed by atoms with van der Waals surface area (Å²) in [5.74, 6) is -0.00963. The molecule has 21 heavy (non-hydrogen) atoms. The lowest BCUT2D eigenvalue weighted by atomic mass is 10.2. The van der Waals surface area contributed by atoms with Crippen molar-refractivity contribution in [3.8, 4) is 5.75 Å². The lowest BCUT2D eigenvalue weighted by Crippen LogP contribution is -2.14. The van der Waals surface area contributed by atoms with E-state index < -0.39 is 0 Å². The zero-order valence-electron chi connectivity index (χ0n) is 10.9. The molecule has 0 fully saturated rings. The zero-order chi connectivity index (χ0) is 15.2. The van der Waals surface area contributed by atoms with Crippen LogP contribution in [0.5, 0.6) is 5.75 Å². The first kappa shape index (κ1) is 14.2. The minimum Gasteiger partial charge on any atom is -0.508 e. The third kappa shape index (κ3) is 4.13. The molecule has 0 saturated carbocycles. The number of amides is 3. The fraction of sp³-hybridized carbons (Fsp3) is 0. The minimum absolute atomic E-state index is 0.200. The maximum atomic E-state index is 11.1. The molecule has 7 heteroatoms. The van der Waals surface area contributed by atoms with Crippen LogP contribution in [-0.2, 0) is 4.79 Å². The number of aliphatic imine (C=N–C) groups is 2. The molecule has 0 saturated heterocycles. The second-order valence-electron chi connectivity index (χ2n) is 4.07. The van der Waals surface area contributed by atoms with E-state index in [1.807, 2.05) is 0 Å². The molecule has 0 unspecified atom stereocenters. The van der Waals surface area contributed by atoms with Crippen LogP contribution in [0, 0.1) is 0 Å². The van der Waals surface area contributed by atoms with E-state index in [-0.39, 0.29) is 17.7 Å². The van der Waals surface area contributed by atoms with Crippen molar-refractivity contribution in [2.45, 2.75) is 0 Å². The number of urea groups is 1. The SMILES string of the molecule is C=C1C=NC(=O)N1.O=C1NC=NC1=Cc1ccc(O)cc1. The molecule has 0 aromatic heterocycles. The van der Waals surface area contributed by atoms with E-state index in [2.05, 4.69) is 27.2 Å². The van der Waals surface area contributed by atoms with Gasteiger partial charge in [0.2, 0.25) is 0 Å². The van der Waals surface area contributed by atoms with Crippen molar-refractivity contribution in [1.29, 1.82) is 0 Å². The second kappa shape index (κ2) is 6.29. The molecule has 7 nitrogen and oxygen atoms in total. The summed E-state index contributed by atoms with van der Waals surface area (Å²) in [5, 5.41) is 13.9. The predicted molar refractivity (Wildman–Crippen MR) is 78.9 cm³/mol. The van der Waals surface area contributed by atoms with Crippen LogP contribution >= 0.6 is 0 Å². The van der Waals surface area contributed by atoms with Crippen molar-refractivity contribution in [2.24, 2.45) is 9.98 Å². The largest absolute Gasteiger partial charge is 0.508 e. The number of carbonyl (C=O) groups excluding carboxylic acids is 2. The first-order chi connectivity index (χ1) is 10.0. The molecule has 2 aliphatic rings. The number of phenolic OH excluding ortho intramolecular Hbond substituents is 1. The van der Waals surface area contributed by atoms with E-state index in [0.717, 1.165) is 5.56 Å². The standard InChI is InChI=1S/C10H8N2O2.C4H4N2O/c13-8-3-1-7(2-4-8)5-9-10(14)12-6-11-9;1-3-2-5-4(7)6-3/h1-6,13H,(H,11,12,14);2H,1H2,(H,6,7). The van der Waals surface area contributed by atoms with Crippen LogP contribution in [0.4, 0.5) is 4.79 Å². The normalized spacial score (nSPS) is 17.5. The lowest BCUT2D eigenvalue weighted by Gasteiger charge is -1.95.